The Kier molecular flexibility index (Phi) is 5.02. The quantitative estimate of drug-likeness (QED) is 0.609. The van der Waals surface area contributed by atoms with E-state index in [4.69, 9.17) is 11.6 Å². The van der Waals surface area contributed by atoms with Crippen LogP contribution in [0.25, 0.3) is 22.6 Å². The minimum absolute atomic E-state index is 0.110. The minimum Gasteiger partial charge on any atom is -0.361 e. The zero-order chi connectivity index (χ0) is 19.6. The van der Waals surface area contributed by atoms with Crippen LogP contribution < -0.4 is 5.32 Å². The number of hydrogen-bond acceptors (Lipinski definition) is 3. The summed E-state index contributed by atoms with van der Waals surface area (Å²) in [5.41, 5.74) is 2.81. The lowest BCUT2D eigenvalue weighted by Gasteiger charge is -2.18. The number of H-pyrrole nitrogens is 1. The normalized spacial score (nSPS) is 12.0. The minimum atomic E-state index is -0.532. The number of fused-ring (bicyclic) bond motifs is 1. The maximum atomic E-state index is 12.3. The molecule has 0 aliphatic rings. The summed E-state index contributed by atoms with van der Waals surface area (Å²) in [5.74, 6) is -0.110. The number of carbonyl (C=O) groups is 1. The number of pyridine rings is 1. The topological polar surface area (TPSA) is 81.6 Å². The third-order valence-electron chi connectivity index (χ3n) is 4.14. The van der Waals surface area contributed by atoms with Gasteiger partial charge in [0, 0.05) is 51.1 Å². The van der Waals surface area contributed by atoms with E-state index >= 15 is 0 Å². The fourth-order valence-corrected chi connectivity index (χ4v) is 2.76. The van der Waals surface area contributed by atoms with Gasteiger partial charge in [0.25, 0.3) is 0 Å². The lowest BCUT2D eigenvalue weighted by Crippen LogP contribution is -2.27. The second kappa shape index (κ2) is 7.26. The maximum absolute atomic E-state index is 12.3. The Morgan fingerprint density at radius 2 is 2.11 bits per heavy atom. The summed E-state index contributed by atoms with van der Waals surface area (Å²) in [6.07, 6.45) is 6.72. The fourth-order valence-electron chi connectivity index (χ4n) is 2.59. The number of aromatic nitrogens is 2. The standard InChI is InChI=1S/C21H19ClN4O/c1-21(2,3)20(27)26-18-6-7-24-11-14(18)8-13(10-23)17-12-25-19-5-4-15(22)9-16(17)19/h4-9,11-12,25H,1-3H3,(H,24,26,27). The summed E-state index contributed by atoms with van der Waals surface area (Å²) in [7, 11) is 0. The van der Waals surface area contributed by atoms with E-state index in [0.29, 0.717) is 21.8 Å². The number of allylic oxidation sites excluding steroid dienone is 1. The second-order valence-corrected chi connectivity index (χ2v) is 7.67. The predicted molar refractivity (Wildman–Crippen MR) is 109 cm³/mol. The molecule has 0 unspecified atom stereocenters. The van der Waals surface area contributed by atoms with Crippen molar-refractivity contribution in [3.8, 4) is 6.07 Å². The Morgan fingerprint density at radius 1 is 1.33 bits per heavy atom. The van der Waals surface area contributed by atoms with Crippen LogP contribution in [-0.4, -0.2) is 15.9 Å². The largest absolute Gasteiger partial charge is 0.361 e. The Bertz CT molecular complexity index is 1080. The van der Waals surface area contributed by atoms with Crippen LogP contribution in [0.5, 0.6) is 0 Å². The van der Waals surface area contributed by atoms with Crippen molar-refractivity contribution in [3.63, 3.8) is 0 Å². The number of nitriles is 1. The van der Waals surface area contributed by atoms with Gasteiger partial charge in [-0.25, -0.2) is 0 Å². The van der Waals surface area contributed by atoms with E-state index < -0.39 is 5.41 Å². The van der Waals surface area contributed by atoms with Gasteiger partial charge in [0.15, 0.2) is 0 Å². The molecule has 0 saturated carbocycles. The van der Waals surface area contributed by atoms with E-state index in [-0.39, 0.29) is 5.91 Å². The second-order valence-electron chi connectivity index (χ2n) is 7.23. The Morgan fingerprint density at radius 3 is 2.81 bits per heavy atom. The van der Waals surface area contributed by atoms with Gasteiger partial charge in [-0.3, -0.25) is 9.78 Å². The summed E-state index contributed by atoms with van der Waals surface area (Å²) in [6, 6.07) is 9.43. The van der Waals surface area contributed by atoms with E-state index in [9.17, 15) is 10.1 Å². The summed E-state index contributed by atoms with van der Waals surface area (Å²) < 4.78 is 0. The molecule has 0 fully saturated rings. The molecule has 136 valence electrons. The van der Waals surface area contributed by atoms with Crippen LogP contribution in [0.15, 0.2) is 42.9 Å². The van der Waals surface area contributed by atoms with Gasteiger partial charge in [-0.1, -0.05) is 32.4 Å². The number of aromatic amines is 1. The lowest BCUT2D eigenvalue weighted by atomic mass is 9.95. The Balaban J connectivity index is 2.05. The molecular weight excluding hydrogens is 360 g/mol. The Labute approximate surface area is 162 Å². The van der Waals surface area contributed by atoms with E-state index in [1.54, 1.807) is 36.8 Å². The molecule has 0 atom stereocenters. The molecule has 5 nitrogen and oxygen atoms in total. The molecule has 2 aromatic heterocycles. The monoisotopic (exact) mass is 378 g/mol. The highest BCUT2D eigenvalue weighted by molar-refractivity contribution is 6.31. The number of carbonyl (C=O) groups excluding carboxylic acids is 1. The number of anilines is 1. The average molecular weight is 379 g/mol. The van der Waals surface area contributed by atoms with Gasteiger partial charge in [0.2, 0.25) is 5.91 Å². The van der Waals surface area contributed by atoms with Gasteiger partial charge in [-0.2, -0.15) is 5.26 Å². The summed E-state index contributed by atoms with van der Waals surface area (Å²) in [6.45, 7) is 5.53. The van der Waals surface area contributed by atoms with Crippen LogP contribution in [0, 0.1) is 16.7 Å². The SMILES string of the molecule is CC(C)(C)C(=O)Nc1ccncc1C=C(C#N)c1c[nH]c2ccc(Cl)cc12. The first kappa shape index (κ1) is 18.7. The first-order valence-corrected chi connectivity index (χ1v) is 8.81. The number of hydrogen-bond donors (Lipinski definition) is 2. The molecule has 6 heteroatoms. The molecule has 0 radical (unpaired) electrons. The highest BCUT2D eigenvalue weighted by Crippen LogP contribution is 2.30. The molecule has 1 aromatic carbocycles. The molecule has 27 heavy (non-hydrogen) atoms. The van der Waals surface area contributed by atoms with Crippen LogP contribution in [-0.2, 0) is 4.79 Å². The molecule has 2 heterocycles. The zero-order valence-corrected chi connectivity index (χ0v) is 16.1. The highest BCUT2D eigenvalue weighted by atomic mass is 35.5. The number of benzene rings is 1. The number of rotatable bonds is 3. The van der Waals surface area contributed by atoms with E-state index in [1.807, 2.05) is 32.9 Å². The van der Waals surface area contributed by atoms with Crippen molar-refractivity contribution in [2.75, 3.05) is 5.32 Å². The lowest BCUT2D eigenvalue weighted by molar-refractivity contribution is -0.123. The van der Waals surface area contributed by atoms with Gasteiger partial charge >= 0.3 is 0 Å². The van der Waals surface area contributed by atoms with Crippen molar-refractivity contribution in [1.82, 2.24) is 9.97 Å². The van der Waals surface area contributed by atoms with Gasteiger partial charge < -0.3 is 10.3 Å². The van der Waals surface area contributed by atoms with Crippen molar-refractivity contribution < 1.29 is 4.79 Å². The Hall–Kier alpha value is -3.10. The smallest absolute Gasteiger partial charge is 0.229 e. The molecule has 0 spiro atoms. The zero-order valence-electron chi connectivity index (χ0n) is 15.3. The third kappa shape index (κ3) is 4.02. The fraction of sp³-hybridized carbons (Fsp3) is 0.190. The number of amides is 1. The third-order valence-corrected chi connectivity index (χ3v) is 4.37. The van der Waals surface area contributed by atoms with Crippen molar-refractivity contribution in [1.29, 1.82) is 5.26 Å². The summed E-state index contributed by atoms with van der Waals surface area (Å²) >= 11 is 6.11. The van der Waals surface area contributed by atoms with E-state index in [1.165, 1.54) is 0 Å². The van der Waals surface area contributed by atoms with Gasteiger partial charge in [0.1, 0.15) is 0 Å². The molecule has 3 rings (SSSR count). The predicted octanol–water partition coefficient (Wildman–Crippen LogP) is 5.27. The van der Waals surface area contributed by atoms with Crippen molar-refractivity contribution in [2.45, 2.75) is 20.8 Å². The van der Waals surface area contributed by atoms with E-state index in [2.05, 4.69) is 21.4 Å². The molecule has 0 bridgehead atoms. The molecular formula is C21H19ClN4O. The van der Waals surface area contributed by atoms with Crippen LogP contribution in [0.3, 0.4) is 0 Å². The van der Waals surface area contributed by atoms with Crippen LogP contribution in [0.1, 0.15) is 31.9 Å². The molecule has 1 amide bonds. The van der Waals surface area contributed by atoms with Crippen molar-refractivity contribution in [3.05, 3.63) is 59.0 Å². The van der Waals surface area contributed by atoms with Gasteiger partial charge in [-0.15, -0.1) is 0 Å². The number of halogens is 1. The average Bonchev–Trinajstić information content (AvgIpc) is 3.03. The molecule has 0 aliphatic carbocycles. The molecule has 2 N–H and O–H groups in total. The number of nitrogens with one attached hydrogen (secondary N) is 2. The maximum Gasteiger partial charge on any atom is 0.229 e. The van der Waals surface area contributed by atoms with Crippen molar-refractivity contribution >= 4 is 45.7 Å². The van der Waals surface area contributed by atoms with Gasteiger partial charge in [-0.05, 0) is 30.3 Å². The summed E-state index contributed by atoms with van der Waals surface area (Å²) in [4.78, 5) is 19.6. The van der Waals surface area contributed by atoms with Gasteiger partial charge in [0.05, 0.1) is 17.3 Å². The molecule has 0 saturated heterocycles. The first-order chi connectivity index (χ1) is 12.8. The van der Waals surface area contributed by atoms with Crippen molar-refractivity contribution in [2.24, 2.45) is 5.41 Å². The van der Waals surface area contributed by atoms with E-state index in [0.717, 1.165) is 16.5 Å². The van der Waals surface area contributed by atoms with Crippen LogP contribution in [0.2, 0.25) is 5.02 Å². The molecule has 3 aromatic rings. The number of nitrogens with zero attached hydrogens (tertiary/aromatic N) is 2. The highest BCUT2D eigenvalue weighted by Gasteiger charge is 2.22. The molecule has 0 aliphatic heterocycles. The first-order valence-electron chi connectivity index (χ1n) is 8.44. The van der Waals surface area contributed by atoms with Crippen LogP contribution in [0.4, 0.5) is 5.69 Å². The van der Waals surface area contributed by atoms with Crippen LogP contribution >= 0.6 is 11.6 Å². The summed E-state index contributed by atoms with van der Waals surface area (Å²) in [5, 5.41) is 14.1.